The van der Waals surface area contributed by atoms with Gasteiger partial charge in [-0.1, -0.05) is 41.2 Å². The summed E-state index contributed by atoms with van der Waals surface area (Å²) < 4.78 is 3.43. The van der Waals surface area contributed by atoms with Gasteiger partial charge in [0.05, 0.1) is 16.6 Å². The lowest BCUT2D eigenvalue weighted by atomic mass is 10.0. The predicted molar refractivity (Wildman–Crippen MR) is 118 cm³/mol. The number of thioether (sulfide) groups is 1. The summed E-state index contributed by atoms with van der Waals surface area (Å²) in [5.41, 5.74) is 7.05. The largest absolute Gasteiger partial charge is 0.315 e. The molecule has 2 aromatic carbocycles. The second kappa shape index (κ2) is 8.44. The highest BCUT2D eigenvalue weighted by Gasteiger charge is 2.11. The van der Waals surface area contributed by atoms with Crippen molar-refractivity contribution in [3.8, 4) is 0 Å². The molecule has 1 aromatic heterocycles. The van der Waals surface area contributed by atoms with Crippen molar-refractivity contribution >= 4 is 39.2 Å². The van der Waals surface area contributed by atoms with Crippen LogP contribution in [0.25, 0.3) is 10.2 Å². The Hall–Kier alpha value is -1.85. The maximum Gasteiger partial charge on any atom is 0.252 e. The van der Waals surface area contributed by atoms with E-state index in [1.54, 1.807) is 11.3 Å². The molecule has 0 aliphatic heterocycles. The predicted octanol–water partition coefficient (Wildman–Crippen LogP) is 4.97. The van der Waals surface area contributed by atoms with Crippen LogP contribution in [0.2, 0.25) is 0 Å². The van der Waals surface area contributed by atoms with Crippen molar-refractivity contribution in [2.24, 2.45) is 4.99 Å². The SMILES string of the molecule is CSCCn1c(=NC(=O)Cc2cc(C)ccc2C)sc2c(C)cc(C)cc21. The van der Waals surface area contributed by atoms with E-state index >= 15 is 0 Å². The number of carbonyl (C=O) groups is 1. The second-order valence-electron chi connectivity index (χ2n) is 7.07. The minimum absolute atomic E-state index is 0.0810. The molecular formula is C22H26N2OS2. The molecule has 5 heteroatoms. The molecule has 0 radical (unpaired) electrons. The molecule has 1 heterocycles. The normalized spacial score (nSPS) is 12.1. The Labute approximate surface area is 169 Å². The molecule has 0 spiro atoms. The molecule has 1 amide bonds. The summed E-state index contributed by atoms with van der Waals surface area (Å²) in [7, 11) is 0. The van der Waals surface area contributed by atoms with Gasteiger partial charge in [0.15, 0.2) is 4.80 Å². The highest BCUT2D eigenvalue weighted by Crippen LogP contribution is 2.24. The fourth-order valence-corrected chi connectivity index (χ4v) is 4.78. The smallest absolute Gasteiger partial charge is 0.252 e. The van der Waals surface area contributed by atoms with E-state index in [9.17, 15) is 4.79 Å². The van der Waals surface area contributed by atoms with E-state index in [4.69, 9.17) is 0 Å². The molecule has 3 rings (SSSR count). The van der Waals surface area contributed by atoms with Crippen LogP contribution in [-0.4, -0.2) is 22.5 Å². The summed E-state index contributed by atoms with van der Waals surface area (Å²) >= 11 is 3.43. The van der Waals surface area contributed by atoms with Crippen LogP contribution in [0.1, 0.15) is 27.8 Å². The number of hydrogen-bond donors (Lipinski definition) is 0. The van der Waals surface area contributed by atoms with Gasteiger partial charge in [-0.25, -0.2) is 0 Å². The van der Waals surface area contributed by atoms with Crippen LogP contribution in [0, 0.1) is 27.7 Å². The van der Waals surface area contributed by atoms with E-state index in [2.05, 4.69) is 66.9 Å². The van der Waals surface area contributed by atoms with Crippen molar-refractivity contribution < 1.29 is 4.79 Å². The zero-order chi connectivity index (χ0) is 19.6. The highest BCUT2D eigenvalue weighted by molar-refractivity contribution is 7.98. The number of aryl methyl sites for hydroxylation is 5. The highest BCUT2D eigenvalue weighted by atomic mass is 32.2. The van der Waals surface area contributed by atoms with Gasteiger partial charge in [0.1, 0.15) is 0 Å². The van der Waals surface area contributed by atoms with E-state index in [1.165, 1.54) is 26.9 Å². The van der Waals surface area contributed by atoms with E-state index in [0.717, 1.165) is 28.2 Å². The average Bonchev–Trinajstić information content (AvgIpc) is 2.93. The summed E-state index contributed by atoms with van der Waals surface area (Å²) in [4.78, 5) is 18.0. The van der Waals surface area contributed by atoms with Crippen LogP contribution in [0.15, 0.2) is 35.3 Å². The summed E-state index contributed by atoms with van der Waals surface area (Å²) in [6.07, 6.45) is 2.45. The maximum absolute atomic E-state index is 12.7. The lowest BCUT2D eigenvalue weighted by Gasteiger charge is -2.06. The number of thiazole rings is 1. The van der Waals surface area contributed by atoms with E-state index < -0.39 is 0 Å². The molecule has 0 bridgehead atoms. The lowest BCUT2D eigenvalue weighted by molar-refractivity contribution is -0.117. The van der Waals surface area contributed by atoms with Crippen LogP contribution in [0.4, 0.5) is 0 Å². The third-order valence-electron chi connectivity index (χ3n) is 4.70. The fraction of sp³-hybridized carbons (Fsp3) is 0.364. The van der Waals surface area contributed by atoms with Crippen molar-refractivity contribution in [3.63, 3.8) is 0 Å². The van der Waals surface area contributed by atoms with Gasteiger partial charge in [-0.2, -0.15) is 16.8 Å². The molecule has 0 fully saturated rings. The molecule has 0 unspecified atom stereocenters. The van der Waals surface area contributed by atoms with Gasteiger partial charge in [-0.05, 0) is 62.3 Å². The van der Waals surface area contributed by atoms with Gasteiger partial charge in [-0.15, -0.1) is 0 Å². The Morgan fingerprint density at radius 3 is 2.59 bits per heavy atom. The summed E-state index contributed by atoms with van der Waals surface area (Å²) in [5.74, 6) is 0.916. The molecule has 27 heavy (non-hydrogen) atoms. The number of carbonyl (C=O) groups excluding carboxylic acids is 1. The molecule has 0 atom stereocenters. The number of hydrogen-bond acceptors (Lipinski definition) is 3. The molecule has 0 N–H and O–H groups in total. The Bertz CT molecular complexity index is 1060. The molecule has 3 nitrogen and oxygen atoms in total. The zero-order valence-corrected chi connectivity index (χ0v) is 18.3. The number of aromatic nitrogens is 1. The monoisotopic (exact) mass is 398 g/mol. The minimum atomic E-state index is -0.0810. The first-order chi connectivity index (χ1) is 12.9. The van der Waals surface area contributed by atoms with Gasteiger partial charge < -0.3 is 4.57 Å². The van der Waals surface area contributed by atoms with Crippen molar-refractivity contribution in [1.29, 1.82) is 0 Å². The van der Waals surface area contributed by atoms with Crippen LogP contribution >= 0.6 is 23.1 Å². The van der Waals surface area contributed by atoms with Crippen molar-refractivity contribution in [2.75, 3.05) is 12.0 Å². The molecule has 142 valence electrons. The van der Waals surface area contributed by atoms with Crippen molar-refractivity contribution in [2.45, 2.75) is 40.7 Å². The number of amides is 1. The van der Waals surface area contributed by atoms with Crippen LogP contribution in [0.3, 0.4) is 0 Å². The number of benzene rings is 2. The van der Waals surface area contributed by atoms with E-state index in [-0.39, 0.29) is 5.91 Å². The van der Waals surface area contributed by atoms with Crippen LogP contribution < -0.4 is 4.80 Å². The minimum Gasteiger partial charge on any atom is -0.315 e. The quantitative estimate of drug-likeness (QED) is 0.608. The lowest BCUT2D eigenvalue weighted by Crippen LogP contribution is -2.19. The molecule has 0 saturated carbocycles. The molecular weight excluding hydrogens is 372 g/mol. The number of nitrogens with zero attached hydrogens (tertiary/aromatic N) is 2. The third kappa shape index (κ3) is 4.53. The summed E-state index contributed by atoms with van der Waals surface area (Å²) in [5, 5.41) is 0. The topological polar surface area (TPSA) is 34.4 Å². The Kier molecular flexibility index (Phi) is 6.22. The van der Waals surface area contributed by atoms with E-state index in [1.807, 2.05) is 18.7 Å². The van der Waals surface area contributed by atoms with Gasteiger partial charge in [0.25, 0.3) is 5.91 Å². The maximum atomic E-state index is 12.7. The Morgan fingerprint density at radius 1 is 1.07 bits per heavy atom. The van der Waals surface area contributed by atoms with Crippen molar-refractivity contribution in [1.82, 2.24) is 4.57 Å². The van der Waals surface area contributed by atoms with Crippen molar-refractivity contribution in [3.05, 3.63) is 63.0 Å². The van der Waals surface area contributed by atoms with Gasteiger partial charge >= 0.3 is 0 Å². The van der Waals surface area contributed by atoms with Gasteiger partial charge in [0, 0.05) is 12.3 Å². The molecule has 0 aliphatic rings. The van der Waals surface area contributed by atoms with Crippen LogP contribution in [-0.2, 0) is 17.8 Å². The van der Waals surface area contributed by atoms with Gasteiger partial charge in [0.2, 0.25) is 0 Å². The van der Waals surface area contributed by atoms with E-state index in [0.29, 0.717) is 6.42 Å². The zero-order valence-electron chi connectivity index (χ0n) is 16.6. The second-order valence-corrected chi connectivity index (χ2v) is 9.03. The first-order valence-electron chi connectivity index (χ1n) is 9.12. The summed E-state index contributed by atoms with van der Waals surface area (Å²) in [6.45, 7) is 9.21. The summed E-state index contributed by atoms with van der Waals surface area (Å²) in [6, 6.07) is 10.6. The van der Waals surface area contributed by atoms with Gasteiger partial charge in [-0.3, -0.25) is 4.79 Å². The fourth-order valence-electron chi connectivity index (χ4n) is 3.30. The average molecular weight is 399 g/mol. The first kappa shape index (κ1) is 19.9. The Morgan fingerprint density at radius 2 is 1.85 bits per heavy atom. The number of fused-ring (bicyclic) bond motifs is 1. The Balaban J connectivity index is 2.04. The van der Waals surface area contributed by atoms with Crippen LogP contribution in [0.5, 0.6) is 0 Å². The standard InChI is InChI=1S/C22H26N2OS2/c1-14-6-7-16(3)18(11-14)13-20(25)23-22-24(8-9-26-5)19-12-15(2)10-17(4)21(19)27-22/h6-7,10-12H,8-9,13H2,1-5H3. The first-order valence-corrected chi connectivity index (χ1v) is 11.3. The number of rotatable bonds is 5. The molecule has 3 aromatic rings. The third-order valence-corrected chi connectivity index (χ3v) is 6.52. The molecule has 0 saturated heterocycles. The molecule has 0 aliphatic carbocycles.